The number of ether oxygens (including phenoxy) is 3. The van der Waals surface area contributed by atoms with E-state index in [0.29, 0.717) is 11.3 Å². The first-order chi connectivity index (χ1) is 23.9. The van der Waals surface area contributed by atoms with Gasteiger partial charge in [0.05, 0.1) is 18.1 Å². The van der Waals surface area contributed by atoms with Crippen LogP contribution in [0, 0.1) is 0 Å². The highest BCUT2D eigenvalue weighted by molar-refractivity contribution is 5.93. The first kappa shape index (κ1) is 37.7. The smallest absolute Gasteiger partial charge is 0.343 e. The standard InChI is InChI=1S/C44H56O5/c1-5-8-9-10-11-12-13-14-15-16-17-30-47-41-27-24-35(25-28-41)34-18-20-36(21-19-34)44(46)49-42-29-26-38-31-37(22-23-39(38)32-42)33(4)43(45)48-40(6-2)7-3/h18-29,31-33,40H,5-17,30H2,1-4H3/t33-/m0/s1. The fourth-order valence-electron chi connectivity index (χ4n) is 6.10. The molecule has 4 aromatic carbocycles. The molecule has 0 bridgehead atoms. The largest absolute Gasteiger partial charge is 0.494 e. The summed E-state index contributed by atoms with van der Waals surface area (Å²) in [5.41, 5.74) is 3.47. The highest BCUT2D eigenvalue weighted by atomic mass is 16.5. The molecular weight excluding hydrogens is 608 g/mol. The lowest BCUT2D eigenvalue weighted by molar-refractivity contribution is -0.150. The van der Waals surface area contributed by atoms with Crippen LogP contribution in [0.5, 0.6) is 11.5 Å². The zero-order valence-corrected chi connectivity index (χ0v) is 30.2. The van der Waals surface area contributed by atoms with Crippen LogP contribution in [0.25, 0.3) is 21.9 Å². The number of benzene rings is 4. The Bertz CT molecular complexity index is 1570. The number of hydrogen-bond acceptors (Lipinski definition) is 5. The molecule has 0 radical (unpaired) electrons. The molecule has 0 N–H and O–H groups in total. The van der Waals surface area contributed by atoms with Crippen LogP contribution in [0.2, 0.25) is 0 Å². The Kier molecular flexibility index (Phi) is 15.7. The SMILES string of the molecule is CCCCCCCCCCCCCOc1ccc(-c2ccc(C(=O)Oc3ccc4cc([C@H](C)C(=O)OC(CC)CC)ccc4c3)cc2)cc1. The Morgan fingerprint density at radius 3 is 1.73 bits per heavy atom. The third-order valence-electron chi connectivity index (χ3n) is 9.42. The van der Waals surface area contributed by atoms with Gasteiger partial charge in [0.25, 0.3) is 0 Å². The van der Waals surface area contributed by atoms with Crippen LogP contribution in [-0.2, 0) is 9.53 Å². The molecule has 5 heteroatoms. The zero-order chi connectivity index (χ0) is 34.8. The van der Waals surface area contributed by atoms with Gasteiger partial charge in [0, 0.05) is 0 Å². The van der Waals surface area contributed by atoms with Gasteiger partial charge in [-0.25, -0.2) is 4.79 Å². The van der Waals surface area contributed by atoms with Gasteiger partial charge < -0.3 is 14.2 Å². The normalized spacial score (nSPS) is 11.9. The van der Waals surface area contributed by atoms with Crippen molar-refractivity contribution in [3.63, 3.8) is 0 Å². The quantitative estimate of drug-likeness (QED) is 0.0504. The Hall–Kier alpha value is -4.12. The molecule has 4 aromatic rings. The monoisotopic (exact) mass is 664 g/mol. The first-order valence-corrected chi connectivity index (χ1v) is 18.7. The topological polar surface area (TPSA) is 61.8 Å². The summed E-state index contributed by atoms with van der Waals surface area (Å²) in [7, 11) is 0. The van der Waals surface area contributed by atoms with Crippen molar-refractivity contribution in [1.82, 2.24) is 0 Å². The van der Waals surface area contributed by atoms with Crippen molar-refractivity contribution >= 4 is 22.7 Å². The van der Waals surface area contributed by atoms with E-state index in [1.54, 1.807) is 18.2 Å². The molecule has 1 atom stereocenters. The Morgan fingerprint density at radius 1 is 0.592 bits per heavy atom. The van der Waals surface area contributed by atoms with Crippen LogP contribution in [0.1, 0.15) is 133 Å². The molecule has 0 aliphatic heterocycles. The van der Waals surface area contributed by atoms with E-state index in [1.807, 2.05) is 75.4 Å². The number of hydrogen-bond donors (Lipinski definition) is 0. The molecule has 4 rings (SSSR count). The number of rotatable bonds is 21. The van der Waals surface area contributed by atoms with Gasteiger partial charge in [0.1, 0.15) is 17.6 Å². The fraction of sp³-hybridized carbons (Fsp3) is 0.455. The van der Waals surface area contributed by atoms with Gasteiger partial charge >= 0.3 is 11.9 Å². The number of carbonyl (C=O) groups is 2. The highest BCUT2D eigenvalue weighted by Crippen LogP contribution is 2.28. The maximum absolute atomic E-state index is 13.0. The van der Waals surface area contributed by atoms with Gasteiger partial charge in [-0.05, 0) is 90.0 Å². The average molecular weight is 665 g/mol. The molecule has 0 saturated carbocycles. The Balaban J connectivity index is 1.21. The van der Waals surface area contributed by atoms with Gasteiger partial charge in [0.2, 0.25) is 0 Å². The minimum absolute atomic E-state index is 0.0517. The summed E-state index contributed by atoms with van der Waals surface area (Å²) in [5, 5.41) is 1.89. The second kappa shape index (κ2) is 20.4. The molecule has 0 aromatic heterocycles. The van der Waals surface area contributed by atoms with Gasteiger partial charge in [-0.3, -0.25) is 4.79 Å². The lowest BCUT2D eigenvalue weighted by atomic mass is 9.97. The summed E-state index contributed by atoms with van der Waals surface area (Å²) in [6, 6.07) is 27.0. The summed E-state index contributed by atoms with van der Waals surface area (Å²) in [4.78, 5) is 25.6. The van der Waals surface area contributed by atoms with E-state index in [4.69, 9.17) is 14.2 Å². The number of unbranched alkanes of at least 4 members (excludes halogenated alkanes) is 10. The summed E-state index contributed by atoms with van der Waals surface area (Å²) in [6.07, 6.45) is 16.1. The second-order valence-corrected chi connectivity index (χ2v) is 13.2. The molecule has 0 aliphatic carbocycles. The molecule has 0 saturated heterocycles. The lowest BCUT2D eigenvalue weighted by Crippen LogP contribution is -2.20. The maximum atomic E-state index is 13.0. The molecule has 0 fully saturated rings. The van der Waals surface area contributed by atoms with Crippen molar-refractivity contribution in [3.8, 4) is 22.6 Å². The molecule has 0 heterocycles. The molecule has 0 amide bonds. The Labute approximate surface area is 294 Å². The van der Waals surface area contributed by atoms with E-state index < -0.39 is 5.97 Å². The summed E-state index contributed by atoms with van der Waals surface area (Å²) < 4.78 is 17.4. The zero-order valence-electron chi connectivity index (χ0n) is 30.2. The molecular formula is C44H56O5. The van der Waals surface area contributed by atoms with Gasteiger partial charge in [-0.15, -0.1) is 0 Å². The average Bonchev–Trinajstić information content (AvgIpc) is 3.14. The van der Waals surface area contributed by atoms with Crippen molar-refractivity contribution in [2.24, 2.45) is 0 Å². The van der Waals surface area contributed by atoms with Crippen LogP contribution in [-0.4, -0.2) is 24.6 Å². The van der Waals surface area contributed by atoms with E-state index in [2.05, 4.69) is 19.1 Å². The van der Waals surface area contributed by atoms with Crippen LogP contribution in [0.4, 0.5) is 0 Å². The molecule has 262 valence electrons. The van der Waals surface area contributed by atoms with Gasteiger partial charge in [0.15, 0.2) is 0 Å². The van der Waals surface area contributed by atoms with E-state index in [1.165, 1.54) is 64.2 Å². The number of carbonyl (C=O) groups excluding carboxylic acids is 2. The predicted molar refractivity (Wildman–Crippen MR) is 202 cm³/mol. The van der Waals surface area contributed by atoms with Crippen molar-refractivity contribution < 1.29 is 23.8 Å². The number of fused-ring (bicyclic) bond motifs is 1. The van der Waals surface area contributed by atoms with Crippen molar-refractivity contribution in [2.75, 3.05) is 6.61 Å². The van der Waals surface area contributed by atoms with Gasteiger partial charge in [-0.1, -0.05) is 134 Å². The van der Waals surface area contributed by atoms with Crippen LogP contribution in [0.3, 0.4) is 0 Å². The number of esters is 2. The van der Waals surface area contributed by atoms with E-state index in [9.17, 15) is 9.59 Å². The fourth-order valence-corrected chi connectivity index (χ4v) is 6.10. The second-order valence-electron chi connectivity index (χ2n) is 13.2. The minimum atomic E-state index is -0.411. The minimum Gasteiger partial charge on any atom is -0.494 e. The third-order valence-corrected chi connectivity index (χ3v) is 9.42. The molecule has 0 aliphatic rings. The Morgan fingerprint density at radius 2 is 1.12 bits per heavy atom. The van der Waals surface area contributed by atoms with Crippen LogP contribution >= 0.6 is 0 Å². The van der Waals surface area contributed by atoms with E-state index in [-0.39, 0.29) is 18.0 Å². The summed E-state index contributed by atoms with van der Waals surface area (Å²) >= 11 is 0. The van der Waals surface area contributed by atoms with Crippen LogP contribution in [0.15, 0.2) is 84.9 Å². The third kappa shape index (κ3) is 12.1. The van der Waals surface area contributed by atoms with Gasteiger partial charge in [-0.2, -0.15) is 0 Å². The van der Waals surface area contributed by atoms with Crippen LogP contribution < -0.4 is 9.47 Å². The summed E-state index contributed by atoms with van der Waals surface area (Å²) in [5.74, 6) is 0.379. The van der Waals surface area contributed by atoms with E-state index in [0.717, 1.165) is 59.1 Å². The molecule has 49 heavy (non-hydrogen) atoms. The van der Waals surface area contributed by atoms with Crippen molar-refractivity contribution in [2.45, 2.75) is 123 Å². The lowest BCUT2D eigenvalue weighted by Gasteiger charge is -2.18. The van der Waals surface area contributed by atoms with Crippen molar-refractivity contribution in [1.29, 1.82) is 0 Å². The molecule has 5 nitrogen and oxygen atoms in total. The highest BCUT2D eigenvalue weighted by Gasteiger charge is 2.20. The first-order valence-electron chi connectivity index (χ1n) is 18.7. The predicted octanol–water partition coefficient (Wildman–Crippen LogP) is 12.3. The van der Waals surface area contributed by atoms with Crippen molar-refractivity contribution in [3.05, 3.63) is 96.1 Å². The molecule has 0 spiro atoms. The molecule has 0 unspecified atom stereocenters. The maximum Gasteiger partial charge on any atom is 0.343 e. The summed E-state index contributed by atoms with van der Waals surface area (Å²) in [6.45, 7) is 8.94. The van der Waals surface area contributed by atoms with E-state index >= 15 is 0 Å².